The normalized spacial score (nSPS) is 9.50. The van der Waals surface area contributed by atoms with Gasteiger partial charge >= 0.3 is 0 Å². The molecule has 0 unspecified atom stereocenters. The molecule has 0 radical (unpaired) electrons. The third-order valence-electron chi connectivity index (χ3n) is 1.81. The zero-order chi connectivity index (χ0) is 10.4. The van der Waals surface area contributed by atoms with Crippen LogP contribution in [0.5, 0.6) is 0 Å². The van der Waals surface area contributed by atoms with Gasteiger partial charge in [0, 0.05) is 18.5 Å². The summed E-state index contributed by atoms with van der Waals surface area (Å²) in [5.41, 5.74) is 0.936. The van der Waals surface area contributed by atoms with E-state index in [0.717, 1.165) is 17.8 Å². The van der Waals surface area contributed by atoms with Crippen molar-refractivity contribution < 1.29 is 0 Å². The molecule has 1 heterocycles. The summed E-state index contributed by atoms with van der Waals surface area (Å²) < 4.78 is 0. The summed E-state index contributed by atoms with van der Waals surface area (Å²) in [5, 5.41) is 3.63. The lowest BCUT2D eigenvalue weighted by molar-refractivity contribution is 1.00. The van der Waals surface area contributed by atoms with Crippen molar-refractivity contribution >= 4 is 17.4 Å². The number of halogens is 1. The van der Waals surface area contributed by atoms with E-state index in [1.807, 2.05) is 6.92 Å². The lowest BCUT2D eigenvalue weighted by Crippen LogP contribution is -2.06. The number of nitrogens with one attached hydrogen (secondary N) is 1. The molecule has 1 rings (SSSR count). The molecule has 0 amide bonds. The summed E-state index contributed by atoms with van der Waals surface area (Å²) in [6, 6.07) is 0. The van der Waals surface area contributed by atoms with Crippen molar-refractivity contribution in [3.63, 3.8) is 0 Å². The highest BCUT2D eigenvalue weighted by Gasteiger charge is 2.06. The first-order valence-corrected chi connectivity index (χ1v) is 4.84. The van der Waals surface area contributed by atoms with Crippen molar-refractivity contribution in [3.8, 4) is 12.3 Å². The molecule has 0 spiro atoms. The Balaban J connectivity index is 2.76. The topological polar surface area (TPSA) is 37.8 Å². The SMILES string of the molecule is C#CCCNc1ncnc(Cl)c1CC. The van der Waals surface area contributed by atoms with Gasteiger partial charge in [-0.05, 0) is 6.42 Å². The van der Waals surface area contributed by atoms with Crippen LogP contribution in [0, 0.1) is 12.3 Å². The molecule has 74 valence electrons. The summed E-state index contributed by atoms with van der Waals surface area (Å²) in [6.07, 6.45) is 8.06. The number of rotatable bonds is 4. The molecule has 0 aromatic carbocycles. The van der Waals surface area contributed by atoms with Crippen LogP contribution >= 0.6 is 11.6 Å². The van der Waals surface area contributed by atoms with Crippen molar-refractivity contribution in [1.82, 2.24) is 9.97 Å². The fourth-order valence-corrected chi connectivity index (χ4v) is 1.38. The van der Waals surface area contributed by atoms with Crippen LogP contribution in [-0.4, -0.2) is 16.5 Å². The van der Waals surface area contributed by atoms with Gasteiger partial charge < -0.3 is 5.32 Å². The highest BCUT2D eigenvalue weighted by molar-refractivity contribution is 6.30. The van der Waals surface area contributed by atoms with Gasteiger partial charge in [-0.25, -0.2) is 9.97 Å². The van der Waals surface area contributed by atoms with Crippen molar-refractivity contribution in [2.45, 2.75) is 19.8 Å². The fraction of sp³-hybridized carbons (Fsp3) is 0.400. The lowest BCUT2D eigenvalue weighted by atomic mass is 10.2. The van der Waals surface area contributed by atoms with Crippen LogP contribution in [0.4, 0.5) is 5.82 Å². The molecule has 0 saturated heterocycles. The average molecular weight is 210 g/mol. The Morgan fingerprint density at radius 3 is 3.00 bits per heavy atom. The first-order chi connectivity index (χ1) is 6.79. The second kappa shape index (κ2) is 5.46. The molecule has 0 aliphatic heterocycles. The zero-order valence-electron chi connectivity index (χ0n) is 8.05. The summed E-state index contributed by atoms with van der Waals surface area (Å²) in [4.78, 5) is 8.02. The van der Waals surface area contributed by atoms with E-state index in [1.54, 1.807) is 0 Å². The minimum atomic E-state index is 0.505. The Hall–Kier alpha value is -1.27. The van der Waals surface area contributed by atoms with Gasteiger partial charge in [0.2, 0.25) is 0 Å². The van der Waals surface area contributed by atoms with Crippen LogP contribution in [0.1, 0.15) is 18.9 Å². The predicted molar refractivity (Wildman–Crippen MR) is 58.4 cm³/mol. The number of anilines is 1. The molecule has 0 aliphatic carbocycles. The molecule has 0 atom stereocenters. The monoisotopic (exact) mass is 209 g/mol. The molecule has 4 heteroatoms. The number of nitrogens with zero attached hydrogens (tertiary/aromatic N) is 2. The Morgan fingerprint density at radius 1 is 1.57 bits per heavy atom. The smallest absolute Gasteiger partial charge is 0.137 e. The number of hydrogen-bond donors (Lipinski definition) is 1. The summed E-state index contributed by atoms with van der Waals surface area (Å²) in [6.45, 7) is 2.72. The maximum Gasteiger partial charge on any atom is 0.137 e. The second-order valence-corrected chi connectivity index (χ2v) is 3.08. The molecular weight excluding hydrogens is 198 g/mol. The van der Waals surface area contributed by atoms with Crippen LogP contribution in [0.25, 0.3) is 0 Å². The summed E-state index contributed by atoms with van der Waals surface area (Å²) in [5.74, 6) is 3.33. The Morgan fingerprint density at radius 2 is 2.36 bits per heavy atom. The van der Waals surface area contributed by atoms with Gasteiger partial charge in [-0.1, -0.05) is 18.5 Å². The first kappa shape index (κ1) is 10.8. The quantitative estimate of drug-likeness (QED) is 0.469. The van der Waals surface area contributed by atoms with Crippen LogP contribution < -0.4 is 5.32 Å². The van der Waals surface area contributed by atoms with Gasteiger partial charge in [0.25, 0.3) is 0 Å². The molecule has 1 aromatic heterocycles. The Bertz CT molecular complexity index is 344. The van der Waals surface area contributed by atoms with E-state index >= 15 is 0 Å². The molecular formula is C10H12ClN3. The Kier molecular flexibility index (Phi) is 4.21. The first-order valence-electron chi connectivity index (χ1n) is 4.46. The Labute approximate surface area is 88.9 Å². The van der Waals surface area contributed by atoms with E-state index in [4.69, 9.17) is 18.0 Å². The average Bonchev–Trinajstić information content (AvgIpc) is 2.18. The predicted octanol–water partition coefficient (Wildman–Crippen LogP) is 2.13. The molecule has 0 saturated carbocycles. The third kappa shape index (κ3) is 2.61. The van der Waals surface area contributed by atoms with Gasteiger partial charge in [0.1, 0.15) is 17.3 Å². The standard InChI is InChI=1S/C10H12ClN3/c1-3-5-6-12-10-8(4-2)9(11)13-7-14-10/h1,7H,4-6H2,2H3,(H,12,13,14). The van der Waals surface area contributed by atoms with E-state index in [1.165, 1.54) is 6.33 Å². The summed E-state index contributed by atoms with van der Waals surface area (Å²) >= 11 is 5.91. The molecule has 14 heavy (non-hydrogen) atoms. The number of aromatic nitrogens is 2. The third-order valence-corrected chi connectivity index (χ3v) is 2.13. The van der Waals surface area contributed by atoms with E-state index in [0.29, 0.717) is 18.1 Å². The van der Waals surface area contributed by atoms with Crippen LogP contribution in [0.2, 0.25) is 5.15 Å². The summed E-state index contributed by atoms with van der Waals surface area (Å²) in [7, 11) is 0. The highest BCUT2D eigenvalue weighted by Crippen LogP contribution is 2.19. The van der Waals surface area contributed by atoms with Gasteiger partial charge in [0.15, 0.2) is 0 Å². The zero-order valence-corrected chi connectivity index (χ0v) is 8.80. The molecule has 1 N–H and O–H groups in total. The largest absolute Gasteiger partial charge is 0.369 e. The molecule has 0 aliphatic rings. The van der Waals surface area contributed by atoms with Gasteiger partial charge in [-0.2, -0.15) is 0 Å². The lowest BCUT2D eigenvalue weighted by Gasteiger charge is -2.08. The van der Waals surface area contributed by atoms with E-state index in [-0.39, 0.29) is 0 Å². The van der Waals surface area contributed by atoms with Crippen molar-refractivity contribution in [1.29, 1.82) is 0 Å². The van der Waals surface area contributed by atoms with Gasteiger partial charge in [0.05, 0.1) is 0 Å². The molecule has 3 nitrogen and oxygen atoms in total. The number of terminal acetylenes is 1. The van der Waals surface area contributed by atoms with E-state index < -0.39 is 0 Å². The van der Waals surface area contributed by atoms with Crippen LogP contribution in [-0.2, 0) is 6.42 Å². The highest BCUT2D eigenvalue weighted by atomic mass is 35.5. The minimum absolute atomic E-state index is 0.505. The maximum atomic E-state index is 5.91. The van der Waals surface area contributed by atoms with Crippen molar-refractivity contribution in [2.24, 2.45) is 0 Å². The van der Waals surface area contributed by atoms with Gasteiger partial charge in [-0.3, -0.25) is 0 Å². The molecule has 0 fully saturated rings. The second-order valence-electron chi connectivity index (χ2n) is 2.73. The molecule has 1 aromatic rings. The fourth-order valence-electron chi connectivity index (χ4n) is 1.11. The maximum absolute atomic E-state index is 5.91. The van der Waals surface area contributed by atoms with Crippen molar-refractivity contribution in [2.75, 3.05) is 11.9 Å². The van der Waals surface area contributed by atoms with Crippen LogP contribution in [0.3, 0.4) is 0 Å². The van der Waals surface area contributed by atoms with E-state index in [9.17, 15) is 0 Å². The van der Waals surface area contributed by atoms with Crippen molar-refractivity contribution in [3.05, 3.63) is 17.0 Å². The van der Waals surface area contributed by atoms with E-state index in [2.05, 4.69) is 21.2 Å². The van der Waals surface area contributed by atoms with Gasteiger partial charge in [-0.15, -0.1) is 12.3 Å². The van der Waals surface area contributed by atoms with Crippen LogP contribution in [0.15, 0.2) is 6.33 Å². The molecule has 0 bridgehead atoms. The minimum Gasteiger partial charge on any atom is -0.369 e. The number of hydrogen-bond acceptors (Lipinski definition) is 3.